The number of aryl methyl sites for hydroxylation is 2. The third-order valence-electron chi connectivity index (χ3n) is 2.84. The van der Waals surface area contributed by atoms with Gasteiger partial charge in [0.2, 0.25) is 0 Å². The predicted octanol–water partition coefficient (Wildman–Crippen LogP) is 2.96. The Morgan fingerprint density at radius 2 is 1.94 bits per heavy atom. The van der Waals surface area contributed by atoms with Gasteiger partial charge in [0.25, 0.3) is 0 Å². The Morgan fingerprint density at radius 1 is 1.18 bits per heavy atom. The van der Waals surface area contributed by atoms with Crippen molar-refractivity contribution in [3.8, 4) is 17.0 Å². The second kappa shape index (κ2) is 4.45. The molecule has 0 aliphatic carbocycles. The van der Waals surface area contributed by atoms with Crippen molar-refractivity contribution >= 4 is 5.69 Å². The number of nitrogens with zero attached hydrogens (tertiary/aromatic N) is 1. The summed E-state index contributed by atoms with van der Waals surface area (Å²) in [4.78, 5) is 4.34. The first-order valence-corrected chi connectivity index (χ1v) is 5.49. The number of nitrogen functional groups attached to an aromatic ring is 1. The SMILES string of the molecule is COc1cc(C)c(-c2ncccc2N)cc1C. The van der Waals surface area contributed by atoms with Crippen molar-refractivity contribution in [2.75, 3.05) is 12.8 Å². The molecule has 0 aliphatic rings. The lowest BCUT2D eigenvalue weighted by Crippen LogP contribution is -1.96. The Kier molecular flexibility index (Phi) is 3.00. The van der Waals surface area contributed by atoms with Crippen LogP contribution < -0.4 is 10.5 Å². The fourth-order valence-corrected chi connectivity index (χ4v) is 1.91. The van der Waals surface area contributed by atoms with Crippen LogP contribution in [0.3, 0.4) is 0 Å². The number of pyridine rings is 1. The summed E-state index contributed by atoms with van der Waals surface area (Å²) in [6.45, 7) is 4.05. The Morgan fingerprint density at radius 3 is 2.59 bits per heavy atom. The van der Waals surface area contributed by atoms with Crippen LogP contribution in [-0.2, 0) is 0 Å². The Labute approximate surface area is 101 Å². The van der Waals surface area contributed by atoms with Crippen LogP contribution in [0.1, 0.15) is 11.1 Å². The van der Waals surface area contributed by atoms with Crippen molar-refractivity contribution in [1.29, 1.82) is 0 Å². The fourth-order valence-electron chi connectivity index (χ4n) is 1.91. The van der Waals surface area contributed by atoms with E-state index >= 15 is 0 Å². The van der Waals surface area contributed by atoms with Gasteiger partial charge in [0, 0.05) is 11.8 Å². The molecule has 3 nitrogen and oxygen atoms in total. The summed E-state index contributed by atoms with van der Waals surface area (Å²) in [6.07, 6.45) is 1.75. The normalized spacial score (nSPS) is 10.3. The smallest absolute Gasteiger partial charge is 0.122 e. The van der Waals surface area contributed by atoms with Gasteiger partial charge in [-0.2, -0.15) is 0 Å². The van der Waals surface area contributed by atoms with E-state index in [-0.39, 0.29) is 0 Å². The number of aromatic nitrogens is 1. The molecule has 2 aromatic rings. The standard InChI is InChI=1S/C14H16N2O/c1-9-8-13(17-3)10(2)7-11(9)14-12(15)5-4-6-16-14/h4-8H,15H2,1-3H3. The molecule has 0 bridgehead atoms. The molecule has 2 N–H and O–H groups in total. The first kappa shape index (κ1) is 11.5. The van der Waals surface area contributed by atoms with Crippen LogP contribution in [-0.4, -0.2) is 12.1 Å². The van der Waals surface area contributed by atoms with Gasteiger partial charge in [-0.15, -0.1) is 0 Å². The number of rotatable bonds is 2. The van der Waals surface area contributed by atoms with E-state index in [0.29, 0.717) is 5.69 Å². The zero-order valence-electron chi connectivity index (χ0n) is 10.3. The number of hydrogen-bond donors (Lipinski definition) is 1. The zero-order valence-corrected chi connectivity index (χ0v) is 10.3. The highest BCUT2D eigenvalue weighted by Gasteiger charge is 2.10. The summed E-state index contributed by atoms with van der Waals surface area (Å²) in [5.74, 6) is 0.890. The molecule has 0 aliphatic heterocycles. The summed E-state index contributed by atoms with van der Waals surface area (Å²) in [5.41, 5.74) is 10.7. The third-order valence-corrected chi connectivity index (χ3v) is 2.84. The van der Waals surface area contributed by atoms with E-state index in [1.54, 1.807) is 13.3 Å². The molecule has 0 unspecified atom stereocenters. The van der Waals surface area contributed by atoms with Gasteiger partial charge in [-0.25, -0.2) is 0 Å². The largest absolute Gasteiger partial charge is 0.496 e. The van der Waals surface area contributed by atoms with Crippen LogP contribution in [0.5, 0.6) is 5.75 Å². The summed E-state index contributed by atoms with van der Waals surface area (Å²) in [5, 5.41) is 0. The van der Waals surface area contributed by atoms with E-state index in [0.717, 1.165) is 28.1 Å². The number of methoxy groups -OCH3 is 1. The molecule has 1 aromatic carbocycles. The van der Waals surface area contributed by atoms with Crippen LogP contribution in [0.2, 0.25) is 0 Å². The second-order valence-corrected chi connectivity index (χ2v) is 4.08. The van der Waals surface area contributed by atoms with Crippen LogP contribution in [0, 0.1) is 13.8 Å². The summed E-state index contributed by atoms with van der Waals surface area (Å²) < 4.78 is 5.30. The van der Waals surface area contributed by atoms with Gasteiger partial charge in [0.05, 0.1) is 18.5 Å². The van der Waals surface area contributed by atoms with E-state index < -0.39 is 0 Å². The highest BCUT2D eigenvalue weighted by atomic mass is 16.5. The van der Waals surface area contributed by atoms with Gasteiger partial charge in [0.15, 0.2) is 0 Å². The lowest BCUT2D eigenvalue weighted by atomic mass is 10.0. The second-order valence-electron chi connectivity index (χ2n) is 4.08. The maximum Gasteiger partial charge on any atom is 0.122 e. The Balaban J connectivity index is 2.61. The molecule has 1 aromatic heterocycles. The lowest BCUT2D eigenvalue weighted by Gasteiger charge is -2.12. The van der Waals surface area contributed by atoms with Crippen molar-refractivity contribution in [3.05, 3.63) is 41.6 Å². The molecule has 1 heterocycles. The summed E-state index contributed by atoms with van der Waals surface area (Å²) in [6, 6.07) is 7.78. The summed E-state index contributed by atoms with van der Waals surface area (Å²) in [7, 11) is 1.68. The quantitative estimate of drug-likeness (QED) is 0.859. The Bertz CT molecular complexity index is 550. The molecule has 0 radical (unpaired) electrons. The monoisotopic (exact) mass is 228 g/mol. The lowest BCUT2D eigenvalue weighted by molar-refractivity contribution is 0.411. The van der Waals surface area contributed by atoms with Gasteiger partial charge in [-0.05, 0) is 49.2 Å². The highest BCUT2D eigenvalue weighted by molar-refractivity contribution is 5.75. The number of nitrogens with two attached hydrogens (primary N) is 1. The predicted molar refractivity (Wildman–Crippen MR) is 70.1 cm³/mol. The maximum atomic E-state index is 5.95. The number of hydrogen-bond acceptors (Lipinski definition) is 3. The van der Waals surface area contributed by atoms with E-state index in [4.69, 9.17) is 10.5 Å². The van der Waals surface area contributed by atoms with Crippen molar-refractivity contribution in [2.24, 2.45) is 0 Å². The Hall–Kier alpha value is -2.03. The molecule has 0 atom stereocenters. The molecule has 88 valence electrons. The molecule has 0 saturated carbocycles. The maximum absolute atomic E-state index is 5.95. The van der Waals surface area contributed by atoms with E-state index in [9.17, 15) is 0 Å². The zero-order chi connectivity index (χ0) is 12.4. The van der Waals surface area contributed by atoms with Gasteiger partial charge >= 0.3 is 0 Å². The van der Waals surface area contributed by atoms with E-state index in [2.05, 4.69) is 11.1 Å². The minimum absolute atomic E-state index is 0.695. The van der Waals surface area contributed by atoms with Crippen LogP contribution >= 0.6 is 0 Å². The average molecular weight is 228 g/mol. The third kappa shape index (κ3) is 2.09. The molecule has 17 heavy (non-hydrogen) atoms. The number of ether oxygens (including phenoxy) is 1. The fraction of sp³-hybridized carbons (Fsp3) is 0.214. The molecular formula is C14H16N2O. The van der Waals surface area contributed by atoms with Crippen molar-refractivity contribution < 1.29 is 4.74 Å². The van der Waals surface area contributed by atoms with Gasteiger partial charge in [0.1, 0.15) is 5.75 Å². The van der Waals surface area contributed by atoms with Crippen molar-refractivity contribution in [2.45, 2.75) is 13.8 Å². The van der Waals surface area contributed by atoms with E-state index in [1.165, 1.54) is 0 Å². The highest BCUT2D eigenvalue weighted by Crippen LogP contribution is 2.31. The minimum atomic E-state index is 0.695. The molecule has 0 fully saturated rings. The number of anilines is 1. The average Bonchev–Trinajstić information content (AvgIpc) is 2.32. The van der Waals surface area contributed by atoms with Gasteiger partial charge in [-0.1, -0.05) is 0 Å². The summed E-state index contributed by atoms with van der Waals surface area (Å²) >= 11 is 0. The molecule has 0 saturated heterocycles. The van der Waals surface area contributed by atoms with Crippen molar-refractivity contribution in [1.82, 2.24) is 4.98 Å². The molecule has 0 spiro atoms. The number of benzene rings is 1. The topological polar surface area (TPSA) is 48.1 Å². The molecule has 0 amide bonds. The van der Waals surface area contributed by atoms with Crippen LogP contribution in [0.15, 0.2) is 30.5 Å². The van der Waals surface area contributed by atoms with Crippen LogP contribution in [0.4, 0.5) is 5.69 Å². The first-order valence-electron chi connectivity index (χ1n) is 5.49. The first-order chi connectivity index (χ1) is 8.13. The molecule has 2 rings (SSSR count). The van der Waals surface area contributed by atoms with Gasteiger partial charge in [-0.3, -0.25) is 4.98 Å². The minimum Gasteiger partial charge on any atom is -0.496 e. The van der Waals surface area contributed by atoms with Crippen LogP contribution in [0.25, 0.3) is 11.3 Å². The molecular weight excluding hydrogens is 212 g/mol. The molecule has 3 heteroatoms. The van der Waals surface area contributed by atoms with Crippen molar-refractivity contribution in [3.63, 3.8) is 0 Å². The van der Waals surface area contributed by atoms with E-state index in [1.807, 2.05) is 32.0 Å². The van der Waals surface area contributed by atoms with Gasteiger partial charge < -0.3 is 10.5 Å².